The van der Waals surface area contributed by atoms with Gasteiger partial charge in [-0.1, -0.05) is 38.0 Å². The zero-order valence-corrected chi connectivity index (χ0v) is 15.4. The highest BCUT2D eigenvalue weighted by Crippen LogP contribution is 2.14. The SMILES string of the molecule is CCCCC/C=C/CC(O)/C=C/c1ccc(CC(O)CCCCO)o1. The van der Waals surface area contributed by atoms with E-state index in [0.717, 1.165) is 18.6 Å². The summed E-state index contributed by atoms with van der Waals surface area (Å²) < 4.78 is 5.66. The predicted octanol–water partition coefficient (Wildman–Crippen LogP) is 4.25. The van der Waals surface area contributed by atoms with E-state index >= 15 is 0 Å². The molecule has 0 saturated heterocycles. The molecule has 0 aliphatic carbocycles. The third-order valence-corrected chi connectivity index (χ3v) is 4.07. The summed E-state index contributed by atoms with van der Waals surface area (Å²) in [5.74, 6) is 1.42. The zero-order valence-electron chi connectivity index (χ0n) is 15.4. The van der Waals surface area contributed by atoms with Gasteiger partial charge in [0.25, 0.3) is 0 Å². The van der Waals surface area contributed by atoms with Crippen LogP contribution >= 0.6 is 0 Å². The zero-order chi connectivity index (χ0) is 18.3. The molecule has 0 aliphatic rings. The second kappa shape index (κ2) is 13.9. The van der Waals surface area contributed by atoms with E-state index in [0.29, 0.717) is 31.4 Å². The number of aliphatic hydroxyl groups excluding tert-OH is 3. The minimum atomic E-state index is -0.514. The van der Waals surface area contributed by atoms with Crippen LogP contribution in [0.5, 0.6) is 0 Å². The summed E-state index contributed by atoms with van der Waals surface area (Å²) in [6.07, 6.45) is 14.7. The van der Waals surface area contributed by atoms with Gasteiger partial charge in [0.15, 0.2) is 0 Å². The third kappa shape index (κ3) is 11.0. The normalized spacial score (nSPS) is 14.6. The number of furan rings is 1. The van der Waals surface area contributed by atoms with Gasteiger partial charge < -0.3 is 19.7 Å². The van der Waals surface area contributed by atoms with Crippen LogP contribution in [-0.4, -0.2) is 34.1 Å². The van der Waals surface area contributed by atoms with Crippen molar-refractivity contribution in [3.05, 3.63) is 41.9 Å². The highest BCUT2D eigenvalue weighted by Gasteiger charge is 2.08. The molecule has 25 heavy (non-hydrogen) atoms. The first-order chi connectivity index (χ1) is 12.2. The van der Waals surface area contributed by atoms with Gasteiger partial charge >= 0.3 is 0 Å². The van der Waals surface area contributed by atoms with E-state index in [2.05, 4.69) is 13.0 Å². The Hall–Kier alpha value is -1.36. The molecule has 2 atom stereocenters. The van der Waals surface area contributed by atoms with E-state index in [-0.39, 0.29) is 6.61 Å². The van der Waals surface area contributed by atoms with Crippen molar-refractivity contribution < 1.29 is 19.7 Å². The van der Waals surface area contributed by atoms with Crippen molar-refractivity contribution >= 4 is 6.08 Å². The van der Waals surface area contributed by atoms with Crippen LogP contribution < -0.4 is 0 Å². The van der Waals surface area contributed by atoms with Gasteiger partial charge in [0.2, 0.25) is 0 Å². The van der Waals surface area contributed by atoms with E-state index in [1.165, 1.54) is 19.3 Å². The third-order valence-electron chi connectivity index (χ3n) is 4.07. The molecule has 1 heterocycles. The molecule has 0 spiro atoms. The number of aliphatic hydroxyl groups is 3. The summed E-state index contributed by atoms with van der Waals surface area (Å²) in [7, 11) is 0. The maximum absolute atomic E-state index is 9.95. The number of allylic oxidation sites excluding steroid dienone is 1. The Morgan fingerprint density at radius 1 is 1.08 bits per heavy atom. The fraction of sp³-hybridized carbons (Fsp3) is 0.619. The van der Waals surface area contributed by atoms with Crippen LogP contribution in [0.2, 0.25) is 0 Å². The van der Waals surface area contributed by atoms with Gasteiger partial charge in [-0.15, -0.1) is 0 Å². The standard InChI is InChI=1S/C21H34O4/c1-2-3-4-5-6-7-10-18(23)12-13-20-14-15-21(25-20)17-19(24)11-8-9-16-22/h6-7,12-15,18-19,22-24H,2-5,8-11,16-17H2,1H3/b7-6+,13-12+. The van der Waals surface area contributed by atoms with Crippen LogP contribution in [0.25, 0.3) is 6.08 Å². The van der Waals surface area contributed by atoms with E-state index < -0.39 is 12.2 Å². The number of rotatable bonds is 14. The Balaban J connectivity index is 2.29. The van der Waals surface area contributed by atoms with Crippen LogP contribution in [0.4, 0.5) is 0 Å². The monoisotopic (exact) mass is 350 g/mol. The van der Waals surface area contributed by atoms with Gasteiger partial charge in [-0.05, 0) is 56.7 Å². The lowest BCUT2D eigenvalue weighted by Gasteiger charge is -2.07. The molecule has 0 amide bonds. The molecule has 0 aliphatic heterocycles. The highest BCUT2D eigenvalue weighted by atomic mass is 16.3. The van der Waals surface area contributed by atoms with E-state index in [4.69, 9.17) is 9.52 Å². The molecule has 0 radical (unpaired) electrons. The minimum Gasteiger partial charge on any atom is -0.462 e. The van der Waals surface area contributed by atoms with Gasteiger partial charge in [-0.2, -0.15) is 0 Å². The van der Waals surface area contributed by atoms with Gasteiger partial charge in [0.1, 0.15) is 11.5 Å². The Morgan fingerprint density at radius 3 is 2.68 bits per heavy atom. The van der Waals surface area contributed by atoms with Crippen LogP contribution in [0.3, 0.4) is 0 Å². The Labute approximate surface area is 151 Å². The second-order valence-corrected chi connectivity index (χ2v) is 6.51. The summed E-state index contributed by atoms with van der Waals surface area (Å²) in [4.78, 5) is 0. The summed E-state index contributed by atoms with van der Waals surface area (Å²) in [5, 5.41) is 28.6. The molecule has 1 aromatic rings. The first-order valence-electron chi connectivity index (χ1n) is 9.54. The van der Waals surface area contributed by atoms with Gasteiger partial charge in [-0.25, -0.2) is 0 Å². The van der Waals surface area contributed by atoms with Crippen molar-refractivity contribution in [3.8, 4) is 0 Å². The molecule has 4 nitrogen and oxygen atoms in total. The lowest BCUT2D eigenvalue weighted by Crippen LogP contribution is -2.09. The largest absolute Gasteiger partial charge is 0.462 e. The smallest absolute Gasteiger partial charge is 0.126 e. The predicted molar refractivity (Wildman–Crippen MR) is 102 cm³/mol. The first kappa shape index (κ1) is 21.7. The van der Waals surface area contributed by atoms with Crippen LogP contribution in [-0.2, 0) is 6.42 Å². The summed E-state index contributed by atoms with van der Waals surface area (Å²) in [6, 6.07) is 3.70. The Bertz CT molecular complexity index is 490. The van der Waals surface area contributed by atoms with Crippen molar-refractivity contribution in [1.82, 2.24) is 0 Å². The quantitative estimate of drug-likeness (QED) is 0.346. The van der Waals surface area contributed by atoms with Crippen molar-refractivity contribution in [2.75, 3.05) is 6.61 Å². The molecular formula is C21H34O4. The first-order valence-corrected chi connectivity index (χ1v) is 9.54. The maximum Gasteiger partial charge on any atom is 0.126 e. The molecule has 0 fully saturated rings. The number of hydrogen-bond donors (Lipinski definition) is 3. The fourth-order valence-corrected chi connectivity index (χ4v) is 2.57. The average Bonchev–Trinajstić information content (AvgIpc) is 3.03. The average molecular weight is 350 g/mol. The molecule has 0 saturated carbocycles. The topological polar surface area (TPSA) is 73.8 Å². The van der Waals surface area contributed by atoms with Crippen LogP contribution in [0, 0.1) is 0 Å². The van der Waals surface area contributed by atoms with Gasteiger partial charge in [-0.3, -0.25) is 0 Å². The molecule has 3 N–H and O–H groups in total. The van der Waals surface area contributed by atoms with Gasteiger partial charge in [0.05, 0.1) is 12.2 Å². The van der Waals surface area contributed by atoms with E-state index in [1.807, 2.05) is 18.2 Å². The summed E-state index contributed by atoms with van der Waals surface area (Å²) >= 11 is 0. The van der Waals surface area contributed by atoms with Crippen LogP contribution in [0.15, 0.2) is 34.8 Å². The van der Waals surface area contributed by atoms with Crippen molar-refractivity contribution in [1.29, 1.82) is 0 Å². The van der Waals surface area contributed by atoms with Crippen molar-refractivity contribution in [2.24, 2.45) is 0 Å². The van der Waals surface area contributed by atoms with Crippen LogP contribution in [0.1, 0.15) is 69.8 Å². The molecule has 2 unspecified atom stereocenters. The highest BCUT2D eigenvalue weighted by molar-refractivity contribution is 5.43. The molecule has 4 heteroatoms. The summed E-state index contributed by atoms with van der Waals surface area (Å²) in [6.45, 7) is 2.36. The van der Waals surface area contributed by atoms with E-state index in [9.17, 15) is 10.2 Å². The lowest BCUT2D eigenvalue weighted by atomic mass is 10.1. The number of hydrogen-bond acceptors (Lipinski definition) is 4. The molecule has 1 aromatic heterocycles. The second-order valence-electron chi connectivity index (χ2n) is 6.51. The maximum atomic E-state index is 9.95. The lowest BCUT2D eigenvalue weighted by molar-refractivity contribution is 0.150. The summed E-state index contributed by atoms with van der Waals surface area (Å²) in [5.41, 5.74) is 0. The Morgan fingerprint density at radius 2 is 1.92 bits per heavy atom. The molecule has 1 rings (SSSR count). The van der Waals surface area contributed by atoms with Crippen molar-refractivity contribution in [2.45, 2.75) is 76.9 Å². The molecule has 0 bridgehead atoms. The Kier molecular flexibility index (Phi) is 12.0. The minimum absolute atomic E-state index is 0.165. The van der Waals surface area contributed by atoms with Gasteiger partial charge in [0, 0.05) is 13.0 Å². The van der Waals surface area contributed by atoms with Crippen molar-refractivity contribution in [3.63, 3.8) is 0 Å². The number of unbranched alkanes of at least 4 members (excludes halogenated alkanes) is 4. The molecule has 142 valence electrons. The molecule has 0 aromatic carbocycles. The fourth-order valence-electron chi connectivity index (χ4n) is 2.57. The molecular weight excluding hydrogens is 316 g/mol. The van der Waals surface area contributed by atoms with E-state index in [1.54, 1.807) is 12.2 Å².